The van der Waals surface area contributed by atoms with Crippen molar-refractivity contribution < 1.29 is 18.3 Å². The molecule has 0 unspecified atom stereocenters. The summed E-state index contributed by atoms with van der Waals surface area (Å²) < 4.78 is 33.1. The molecular formula is C13H18BrNO4S. The SMILES string of the molecule is CCOC1CC(NS(=O)(=O)c2ccc(CO)cc2Br)C1. The molecule has 0 radical (unpaired) electrons. The van der Waals surface area contributed by atoms with Gasteiger partial charge in [-0.1, -0.05) is 6.07 Å². The lowest BCUT2D eigenvalue weighted by Crippen LogP contribution is -2.47. The maximum absolute atomic E-state index is 12.3. The fourth-order valence-corrected chi connectivity index (χ4v) is 4.56. The molecule has 0 aliphatic heterocycles. The molecule has 2 rings (SSSR count). The van der Waals surface area contributed by atoms with E-state index in [1.165, 1.54) is 6.07 Å². The summed E-state index contributed by atoms with van der Waals surface area (Å²) in [5, 5.41) is 9.03. The van der Waals surface area contributed by atoms with E-state index in [0.29, 0.717) is 29.5 Å². The van der Waals surface area contributed by atoms with Gasteiger partial charge in [0.1, 0.15) is 0 Å². The van der Waals surface area contributed by atoms with E-state index in [0.717, 1.165) is 0 Å². The summed E-state index contributed by atoms with van der Waals surface area (Å²) in [6.07, 6.45) is 1.58. The van der Waals surface area contributed by atoms with Crippen LogP contribution in [0.3, 0.4) is 0 Å². The summed E-state index contributed by atoms with van der Waals surface area (Å²) in [7, 11) is -3.55. The molecule has 0 saturated heterocycles. The minimum atomic E-state index is -3.55. The summed E-state index contributed by atoms with van der Waals surface area (Å²) in [5.74, 6) is 0. The summed E-state index contributed by atoms with van der Waals surface area (Å²) >= 11 is 3.24. The van der Waals surface area contributed by atoms with Gasteiger partial charge in [0, 0.05) is 17.1 Å². The van der Waals surface area contributed by atoms with Crippen molar-refractivity contribution in [1.82, 2.24) is 4.72 Å². The Morgan fingerprint density at radius 1 is 1.45 bits per heavy atom. The molecule has 0 spiro atoms. The van der Waals surface area contributed by atoms with E-state index in [4.69, 9.17) is 9.84 Å². The number of ether oxygens (including phenoxy) is 1. The second-order valence-corrected chi connectivity index (χ2v) is 7.33. The highest BCUT2D eigenvalue weighted by atomic mass is 79.9. The number of aliphatic hydroxyl groups excluding tert-OH is 1. The summed E-state index contributed by atoms with van der Waals surface area (Å²) in [6.45, 7) is 2.46. The number of aliphatic hydroxyl groups is 1. The van der Waals surface area contributed by atoms with Gasteiger partial charge in [-0.15, -0.1) is 0 Å². The highest BCUT2D eigenvalue weighted by Gasteiger charge is 2.33. The first-order chi connectivity index (χ1) is 9.46. The first-order valence-electron chi connectivity index (χ1n) is 6.49. The van der Waals surface area contributed by atoms with E-state index < -0.39 is 10.0 Å². The van der Waals surface area contributed by atoms with Crippen LogP contribution in [0.2, 0.25) is 0 Å². The molecule has 0 aromatic heterocycles. The van der Waals surface area contributed by atoms with Crippen molar-refractivity contribution in [2.24, 2.45) is 0 Å². The van der Waals surface area contributed by atoms with Crippen molar-refractivity contribution in [3.05, 3.63) is 28.2 Å². The average Bonchev–Trinajstić information content (AvgIpc) is 2.35. The van der Waals surface area contributed by atoms with Crippen LogP contribution in [-0.4, -0.2) is 32.3 Å². The van der Waals surface area contributed by atoms with Crippen molar-refractivity contribution in [3.63, 3.8) is 0 Å². The van der Waals surface area contributed by atoms with E-state index in [2.05, 4.69) is 20.7 Å². The molecule has 0 bridgehead atoms. The fraction of sp³-hybridized carbons (Fsp3) is 0.538. The molecule has 1 aliphatic carbocycles. The quantitative estimate of drug-likeness (QED) is 0.807. The van der Waals surface area contributed by atoms with Gasteiger partial charge in [0.25, 0.3) is 0 Å². The van der Waals surface area contributed by atoms with E-state index in [9.17, 15) is 8.42 Å². The Labute approximate surface area is 127 Å². The minimum Gasteiger partial charge on any atom is -0.392 e. The van der Waals surface area contributed by atoms with Crippen LogP contribution in [0.25, 0.3) is 0 Å². The van der Waals surface area contributed by atoms with Gasteiger partial charge in [0.15, 0.2) is 0 Å². The van der Waals surface area contributed by atoms with Crippen molar-refractivity contribution in [2.75, 3.05) is 6.61 Å². The highest BCUT2D eigenvalue weighted by Crippen LogP contribution is 2.28. The maximum atomic E-state index is 12.3. The van der Waals surface area contributed by atoms with E-state index in [1.54, 1.807) is 12.1 Å². The Morgan fingerprint density at radius 2 is 2.15 bits per heavy atom. The lowest BCUT2D eigenvalue weighted by atomic mass is 9.90. The van der Waals surface area contributed by atoms with Gasteiger partial charge in [0.2, 0.25) is 10.0 Å². The number of nitrogens with one attached hydrogen (secondary N) is 1. The van der Waals surface area contributed by atoms with Gasteiger partial charge in [-0.25, -0.2) is 13.1 Å². The summed E-state index contributed by atoms with van der Waals surface area (Å²) in [5.41, 5.74) is 0.663. The molecular weight excluding hydrogens is 346 g/mol. The largest absolute Gasteiger partial charge is 0.392 e. The topological polar surface area (TPSA) is 75.6 Å². The predicted octanol–water partition coefficient (Wildman–Crippen LogP) is 1.79. The molecule has 5 nitrogen and oxygen atoms in total. The molecule has 1 aromatic rings. The van der Waals surface area contributed by atoms with Gasteiger partial charge >= 0.3 is 0 Å². The third-order valence-electron chi connectivity index (χ3n) is 3.29. The van der Waals surface area contributed by atoms with Crippen LogP contribution in [0.5, 0.6) is 0 Å². The van der Waals surface area contributed by atoms with E-state index >= 15 is 0 Å². The number of benzene rings is 1. The van der Waals surface area contributed by atoms with E-state index in [-0.39, 0.29) is 23.6 Å². The van der Waals surface area contributed by atoms with Crippen LogP contribution >= 0.6 is 15.9 Å². The average molecular weight is 364 g/mol. The Kier molecular flexibility index (Phi) is 5.19. The van der Waals surface area contributed by atoms with Crippen LogP contribution in [0, 0.1) is 0 Å². The maximum Gasteiger partial charge on any atom is 0.241 e. The molecule has 7 heteroatoms. The highest BCUT2D eigenvalue weighted by molar-refractivity contribution is 9.10. The van der Waals surface area contributed by atoms with E-state index in [1.807, 2.05) is 6.92 Å². The fourth-order valence-electron chi connectivity index (χ4n) is 2.18. The first-order valence-corrected chi connectivity index (χ1v) is 8.77. The van der Waals surface area contributed by atoms with Crippen LogP contribution in [0.4, 0.5) is 0 Å². The number of hydrogen-bond donors (Lipinski definition) is 2. The van der Waals surface area contributed by atoms with Crippen LogP contribution in [0.1, 0.15) is 25.3 Å². The van der Waals surface area contributed by atoms with Gasteiger partial charge in [-0.3, -0.25) is 0 Å². The lowest BCUT2D eigenvalue weighted by molar-refractivity contribution is -0.00476. The zero-order chi connectivity index (χ0) is 14.8. The molecule has 0 atom stereocenters. The number of hydrogen-bond acceptors (Lipinski definition) is 4. The molecule has 1 aliphatic rings. The normalized spacial score (nSPS) is 22.6. The predicted molar refractivity (Wildman–Crippen MR) is 78.8 cm³/mol. The third kappa shape index (κ3) is 3.59. The first kappa shape index (κ1) is 15.9. The molecule has 20 heavy (non-hydrogen) atoms. The van der Waals surface area contributed by atoms with Gasteiger partial charge < -0.3 is 9.84 Å². The number of halogens is 1. The Bertz CT molecular complexity index is 570. The van der Waals surface area contributed by atoms with Crippen LogP contribution in [0.15, 0.2) is 27.6 Å². The van der Waals surface area contributed by atoms with Gasteiger partial charge in [-0.05, 0) is 53.4 Å². The summed E-state index contributed by atoms with van der Waals surface area (Å²) in [4.78, 5) is 0.189. The lowest BCUT2D eigenvalue weighted by Gasteiger charge is -2.35. The molecule has 112 valence electrons. The minimum absolute atomic E-state index is 0.0685. The van der Waals surface area contributed by atoms with Crippen molar-refractivity contribution in [2.45, 2.75) is 43.4 Å². The Morgan fingerprint density at radius 3 is 2.70 bits per heavy atom. The Hall–Kier alpha value is -0.470. The second kappa shape index (κ2) is 6.53. The molecule has 1 saturated carbocycles. The molecule has 1 fully saturated rings. The molecule has 2 N–H and O–H groups in total. The van der Waals surface area contributed by atoms with Gasteiger partial charge in [0.05, 0.1) is 17.6 Å². The molecule has 0 heterocycles. The van der Waals surface area contributed by atoms with Gasteiger partial charge in [-0.2, -0.15) is 0 Å². The smallest absolute Gasteiger partial charge is 0.241 e. The number of rotatable bonds is 6. The number of sulfonamides is 1. The third-order valence-corrected chi connectivity index (χ3v) is 5.78. The van der Waals surface area contributed by atoms with Crippen molar-refractivity contribution in [1.29, 1.82) is 0 Å². The Balaban J connectivity index is 2.04. The zero-order valence-corrected chi connectivity index (χ0v) is 13.6. The van der Waals surface area contributed by atoms with Crippen LogP contribution in [-0.2, 0) is 21.4 Å². The molecule has 1 aromatic carbocycles. The van der Waals surface area contributed by atoms with Crippen molar-refractivity contribution >= 4 is 26.0 Å². The monoisotopic (exact) mass is 363 g/mol. The second-order valence-electron chi connectivity index (χ2n) is 4.79. The standard InChI is InChI=1S/C13H18BrNO4S/c1-2-19-11-6-10(7-11)15-20(17,18)13-4-3-9(8-16)5-12(13)14/h3-5,10-11,15-16H,2,6-8H2,1H3. The van der Waals surface area contributed by atoms with Crippen LogP contribution < -0.4 is 4.72 Å². The molecule has 0 amide bonds. The van der Waals surface area contributed by atoms with Crippen molar-refractivity contribution in [3.8, 4) is 0 Å². The summed E-state index contributed by atoms with van der Waals surface area (Å²) in [6, 6.07) is 4.64. The zero-order valence-electron chi connectivity index (χ0n) is 11.2.